The summed E-state index contributed by atoms with van der Waals surface area (Å²) in [5.41, 5.74) is 1.63. The SMILES string of the molecule is COC(=O)C1=C(C)N(C(C)C)C(=O)/C1=C/c1ccc(CN(Cc2ccccc2)S(=O)(=O)c2ccc(Cl)cc2)o1. The van der Waals surface area contributed by atoms with Crippen molar-refractivity contribution in [3.8, 4) is 0 Å². The Hall–Kier alpha value is -3.66. The van der Waals surface area contributed by atoms with Gasteiger partial charge in [0.15, 0.2) is 0 Å². The summed E-state index contributed by atoms with van der Waals surface area (Å²) in [6, 6.07) is 18.3. The van der Waals surface area contributed by atoms with Gasteiger partial charge in [-0.1, -0.05) is 41.9 Å². The first-order valence-corrected chi connectivity index (χ1v) is 14.1. The van der Waals surface area contributed by atoms with Crippen molar-refractivity contribution < 1.29 is 27.2 Å². The molecule has 0 aliphatic carbocycles. The molecule has 0 saturated carbocycles. The number of amides is 1. The Morgan fingerprint density at radius 2 is 1.72 bits per heavy atom. The van der Waals surface area contributed by atoms with E-state index in [1.807, 2.05) is 44.2 Å². The number of sulfonamides is 1. The summed E-state index contributed by atoms with van der Waals surface area (Å²) < 4.78 is 39.4. The second-order valence-corrected chi connectivity index (χ2v) is 11.7. The number of hydrogen-bond acceptors (Lipinski definition) is 6. The molecule has 1 aliphatic heterocycles. The Kier molecular flexibility index (Phi) is 8.44. The molecule has 1 amide bonds. The highest BCUT2D eigenvalue weighted by molar-refractivity contribution is 7.89. The van der Waals surface area contributed by atoms with Crippen LogP contribution in [0.1, 0.15) is 37.9 Å². The Morgan fingerprint density at radius 1 is 1.05 bits per heavy atom. The number of methoxy groups -OCH3 is 1. The second kappa shape index (κ2) is 11.6. The van der Waals surface area contributed by atoms with Crippen LogP contribution in [0.25, 0.3) is 6.08 Å². The van der Waals surface area contributed by atoms with Crippen LogP contribution in [0, 0.1) is 0 Å². The Balaban J connectivity index is 1.67. The Labute approximate surface area is 233 Å². The molecule has 0 atom stereocenters. The summed E-state index contributed by atoms with van der Waals surface area (Å²) in [7, 11) is -2.65. The summed E-state index contributed by atoms with van der Waals surface area (Å²) in [5, 5.41) is 0.431. The van der Waals surface area contributed by atoms with E-state index < -0.39 is 16.0 Å². The van der Waals surface area contributed by atoms with Crippen LogP contribution in [0.2, 0.25) is 5.02 Å². The number of carbonyl (C=O) groups excluding carboxylic acids is 2. The van der Waals surface area contributed by atoms with Crippen LogP contribution in [0.4, 0.5) is 0 Å². The van der Waals surface area contributed by atoms with Gasteiger partial charge in [0.2, 0.25) is 10.0 Å². The number of rotatable bonds is 9. The lowest BCUT2D eigenvalue weighted by Gasteiger charge is -2.22. The van der Waals surface area contributed by atoms with Gasteiger partial charge in [-0.25, -0.2) is 13.2 Å². The highest BCUT2D eigenvalue weighted by atomic mass is 35.5. The van der Waals surface area contributed by atoms with Crippen molar-refractivity contribution in [2.45, 2.75) is 44.8 Å². The first kappa shape index (κ1) is 28.4. The maximum atomic E-state index is 13.6. The van der Waals surface area contributed by atoms with E-state index in [0.29, 0.717) is 22.2 Å². The smallest absolute Gasteiger partial charge is 0.340 e. The first-order valence-electron chi connectivity index (χ1n) is 12.3. The first-order chi connectivity index (χ1) is 18.5. The van der Waals surface area contributed by atoms with E-state index in [4.69, 9.17) is 20.8 Å². The van der Waals surface area contributed by atoms with Crippen molar-refractivity contribution >= 4 is 39.6 Å². The molecule has 10 heteroatoms. The molecule has 0 radical (unpaired) electrons. The fraction of sp³-hybridized carbons (Fsp3) is 0.241. The second-order valence-electron chi connectivity index (χ2n) is 9.30. The zero-order valence-electron chi connectivity index (χ0n) is 22.0. The molecule has 0 N–H and O–H groups in total. The fourth-order valence-corrected chi connectivity index (χ4v) is 5.98. The number of esters is 1. The minimum atomic E-state index is -3.91. The summed E-state index contributed by atoms with van der Waals surface area (Å²) in [4.78, 5) is 27.3. The molecule has 3 aromatic rings. The van der Waals surface area contributed by atoms with Crippen LogP contribution < -0.4 is 0 Å². The summed E-state index contributed by atoms with van der Waals surface area (Å²) in [6.07, 6.45) is 1.49. The average molecular weight is 569 g/mol. The maximum Gasteiger partial charge on any atom is 0.340 e. The van der Waals surface area contributed by atoms with E-state index in [-0.39, 0.29) is 41.1 Å². The van der Waals surface area contributed by atoms with E-state index in [9.17, 15) is 18.0 Å². The number of hydrogen-bond donors (Lipinski definition) is 0. The molecule has 4 rings (SSSR count). The summed E-state index contributed by atoms with van der Waals surface area (Å²) in [6.45, 7) is 5.45. The number of furan rings is 1. The maximum absolute atomic E-state index is 13.6. The number of halogens is 1. The lowest BCUT2D eigenvalue weighted by Crippen LogP contribution is -2.31. The molecular formula is C29H29ClN2O6S. The van der Waals surface area contributed by atoms with Crippen LogP contribution in [0.15, 0.2) is 92.9 Å². The van der Waals surface area contributed by atoms with Gasteiger partial charge in [-0.15, -0.1) is 0 Å². The Bertz CT molecular complexity index is 1540. The van der Waals surface area contributed by atoms with Gasteiger partial charge in [0.1, 0.15) is 11.5 Å². The topological polar surface area (TPSA) is 97.1 Å². The minimum absolute atomic E-state index is 0.0617. The van der Waals surface area contributed by atoms with Crippen LogP contribution >= 0.6 is 11.6 Å². The molecular weight excluding hydrogens is 540 g/mol. The average Bonchev–Trinajstić information content (AvgIpc) is 3.45. The number of allylic oxidation sites excluding steroid dienone is 1. The highest BCUT2D eigenvalue weighted by Crippen LogP contribution is 2.33. The molecule has 204 valence electrons. The van der Waals surface area contributed by atoms with Gasteiger partial charge >= 0.3 is 5.97 Å². The van der Waals surface area contributed by atoms with E-state index in [1.54, 1.807) is 19.1 Å². The normalized spacial score (nSPS) is 15.2. The lowest BCUT2D eigenvalue weighted by atomic mass is 10.1. The molecule has 1 aliphatic rings. The van der Waals surface area contributed by atoms with Gasteiger partial charge in [0, 0.05) is 23.3 Å². The highest BCUT2D eigenvalue weighted by Gasteiger charge is 2.38. The molecule has 0 saturated heterocycles. The zero-order chi connectivity index (χ0) is 28.3. The third kappa shape index (κ3) is 6.00. The van der Waals surface area contributed by atoms with Crippen molar-refractivity contribution in [3.63, 3.8) is 0 Å². The molecule has 8 nitrogen and oxygen atoms in total. The molecule has 0 fully saturated rings. The van der Waals surface area contributed by atoms with Crippen LogP contribution in [-0.4, -0.2) is 42.7 Å². The molecule has 39 heavy (non-hydrogen) atoms. The van der Waals surface area contributed by atoms with Gasteiger partial charge < -0.3 is 14.1 Å². The van der Waals surface area contributed by atoms with Crippen molar-refractivity contribution in [1.82, 2.24) is 9.21 Å². The number of carbonyl (C=O) groups is 2. The van der Waals surface area contributed by atoms with E-state index in [2.05, 4.69) is 0 Å². The molecule has 0 spiro atoms. The van der Waals surface area contributed by atoms with Crippen molar-refractivity contribution in [1.29, 1.82) is 0 Å². The van der Waals surface area contributed by atoms with Gasteiger partial charge in [-0.05, 0) is 68.8 Å². The molecule has 2 aromatic carbocycles. The molecule has 2 heterocycles. The van der Waals surface area contributed by atoms with Crippen LogP contribution in [-0.2, 0) is 37.4 Å². The van der Waals surface area contributed by atoms with Crippen molar-refractivity contribution in [2.24, 2.45) is 0 Å². The molecule has 1 aromatic heterocycles. The van der Waals surface area contributed by atoms with Gasteiger partial charge in [-0.3, -0.25) is 4.79 Å². The molecule has 0 unspecified atom stereocenters. The largest absolute Gasteiger partial charge is 0.465 e. The fourth-order valence-electron chi connectivity index (χ4n) is 4.46. The quantitative estimate of drug-likeness (QED) is 0.253. The Morgan fingerprint density at radius 3 is 2.33 bits per heavy atom. The van der Waals surface area contributed by atoms with E-state index in [1.165, 1.54) is 46.7 Å². The van der Waals surface area contributed by atoms with Crippen LogP contribution in [0.5, 0.6) is 0 Å². The third-order valence-electron chi connectivity index (χ3n) is 6.30. The standard InChI is InChI=1S/C29H29ClN2O6S/c1-19(2)32-20(3)27(29(34)37-4)26(28(32)33)16-23-12-13-24(38-23)18-31(17-21-8-6-5-7-9-21)39(35,36)25-14-10-22(30)11-15-25/h5-16,19H,17-18H2,1-4H3/b26-16+. The molecule has 0 bridgehead atoms. The number of benzene rings is 2. The van der Waals surface area contributed by atoms with E-state index in [0.717, 1.165) is 5.56 Å². The zero-order valence-corrected chi connectivity index (χ0v) is 23.6. The lowest BCUT2D eigenvalue weighted by molar-refractivity contribution is -0.136. The predicted octanol–water partition coefficient (Wildman–Crippen LogP) is 5.41. The van der Waals surface area contributed by atoms with Gasteiger partial charge in [0.05, 0.1) is 29.7 Å². The van der Waals surface area contributed by atoms with E-state index >= 15 is 0 Å². The van der Waals surface area contributed by atoms with Crippen LogP contribution in [0.3, 0.4) is 0 Å². The van der Waals surface area contributed by atoms with Crippen molar-refractivity contribution in [2.75, 3.05) is 7.11 Å². The monoisotopic (exact) mass is 568 g/mol. The summed E-state index contributed by atoms with van der Waals surface area (Å²) >= 11 is 5.97. The summed E-state index contributed by atoms with van der Waals surface area (Å²) in [5.74, 6) is -0.291. The van der Waals surface area contributed by atoms with Gasteiger partial charge in [-0.2, -0.15) is 4.31 Å². The van der Waals surface area contributed by atoms with Gasteiger partial charge in [0.25, 0.3) is 5.91 Å². The number of nitrogens with zero attached hydrogens (tertiary/aromatic N) is 2. The number of ether oxygens (including phenoxy) is 1. The minimum Gasteiger partial charge on any atom is -0.465 e. The van der Waals surface area contributed by atoms with Crippen molar-refractivity contribution in [3.05, 3.63) is 106 Å². The third-order valence-corrected chi connectivity index (χ3v) is 8.36. The predicted molar refractivity (Wildman–Crippen MR) is 148 cm³/mol.